The van der Waals surface area contributed by atoms with Gasteiger partial charge in [-0.3, -0.25) is 4.79 Å². The molecule has 0 spiro atoms. The summed E-state index contributed by atoms with van der Waals surface area (Å²) in [6.07, 6.45) is 3.90. The van der Waals surface area contributed by atoms with Gasteiger partial charge in [-0.1, -0.05) is 13.5 Å². The predicted octanol–water partition coefficient (Wildman–Crippen LogP) is 1.39. The van der Waals surface area contributed by atoms with Crippen LogP contribution in [0, 0.1) is 17.3 Å². The van der Waals surface area contributed by atoms with Crippen LogP contribution in [0.3, 0.4) is 0 Å². The van der Waals surface area contributed by atoms with Crippen molar-refractivity contribution in [1.82, 2.24) is 0 Å². The molecule has 1 aliphatic heterocycles. The lowest BCUT2D eigenvalue weighted by atomic mass is 9.53. The van der Waals surface area contributed by atoms with Crippen LogP contribution in [0.5, 0.6) is 0 Å². The Kier molecular flexibility index (Phi) is 2.37. The topological polar surface area (TPSA) is 63.6 Å². The van der Waals surface area contributed by atoms with E-state index in [-0.39, 0.29) is 11.7 Å². The zero-order valence-electron chi connectivity index (χ0n) is 11.2. The number of rotatable bonds is 0. The normalized spacial score (nSPS) is 48.8. The fraction of sp³-hybridized carbons (Fsp3) is 0.600. The minimum atomic E-state index is -1.14. The Balaban J connectivity index is 2.10. The summed E-state index contributed by atoms with van der Waals surface area (Å²) in [5, 5.41) is 10.6. The molecule has 0 aromatic rings. The molecule has 1 saturated carbocycles. The van der Waals surface area contributed by atoms with E-state index in [2.05, 4.69) is 6.58 Å². The summed E-state index contributed by atoms with van der Waals surface area (Å²) < 4.78 is 5.41. The number of hydrogen-bond donors (Lipinski definition) is 1. The van der Waals surface area contributed by atoms with Crippen LogP contribution in [0.25, 0.3) is 0 Å². The van der Waals surface area contributed by atoms with Gasteiger partial charge in [0.25, 0.3) is 0 Å². The summed E-state index contributed by atoms with van der Waals surface area (Å²) in [5.41, 5.74) is -1.33. The molecule has 5 atom stereocenters. The van der Waals surface area contributed by atoms with Crippen molar-refractivity contribution in [1.29, 1.82) is 0 Å². The average Bonchev–Trinajstić information content (AvgIpc) is 2.60. The van der Waals surface area contributed by atoms with Gasteiger partial charge in [-0.15, -0.1) is 0 Å². The molecule has 1 N–H and O–H groups in total. The minimum absolute atomic E-state index is 0.0102. The Labute approximate surface area is 112 Å². The van der Waals surface area contributed by atoms with Gasteiger partial charge in [0.15, 0.2) is 5.78 Å². The van der Waals surface area contributed by atoms with E-state index in [1.165, 1.54) is 12.2 Å². The second-order valence-corrected chi connectivity index (χ2v) is 6.36. The molecule has 0 aromatic heterocycles. The number of ketones is 1. The molecule has 0 amide bonds. The molecule has 4 heteroatoms. The SMILES string of the molecule is C=C1C(=O)OC2C1CCC1(C)C(=O)C=CC(C)(O)C21. The summed E-state index contributed by atoms with van der Waals surface area (Å²) in [5.74, 6) is -0.858. The smallest absolute Gasteiger partial charge is 0.334 e. The molecule has 0 radical (unpaired) electrons. The quantitative estimate of drug-likeness (QED) is 0.529. The van der Waals surface area contributed by atoms with Crippen LogP contribution in [0.2, 0.25) is 0 Å². The third kappa shape index (κ3) is 1.49. The van der Waals surface area contributed by atoms with Gasteiger partial charge in [-0.2, -0.15) is 0 Å². The van der Waals surface area contributed by atoms with Gasteiger partial charge in [-0.25, -0.2) is 4.79 Å². The maximum absolute atomic E-state index is 12.2. The van der Waals surface area contributed by atoms with Gasteiger partial charge in [0, 0.05) is 22.8 Å². The standard InChI is InChI=1S/C15H18O4/c1-8-9-4-6-14(2)10(16)5-7-15(3,18)12(14)11(9)19-13(8)17/h5,7,9,11-12,18H,1,4,6H2,2-3H3. The number of ether oxygens (including phenoxy) is 1. The Hall–Kier alpha value is -1.42. The van der Waals surface area contributed by atoms with E-state index in [0.717, 1.165) is 0 Å². The molecule has 2 fully saturated rings. The highest BCUT2D eigenvalue weighted by Crippen LogP contribution is 2.55. The molecule has 1 heterocycles. The van der Waals surface area contributed by atoms with Crippen LogP contribution in [-0.2, 0) is 14.3 Å². The molecule has 3 rings (SSSR count). The highest BCUT2D eigenvalue weighted by molar-refractivity contribution is 5.97. The van der Waals surface area contributed by atoms with Gasteiger partial charge in [0.1, 0.15) is 6.10 Å². The summed E-state index contributed by atoms with van der Waals surface area (Å²) >= 11 is 0. The van der Waals surface area contributed by atoms with Crippen LogP contribution >= 0.6 is 0 Å². The molecule has 2 aliphatic carbocycles. The molecule has 0 bridgehead atoms. The predicted molar refractivity (Wildman–Crippen MR) is 68.1 cm³/mol. The maximum Gasteiger partial charge on any atom is 0.334 e. The van der Waals surface area contributed by atoms with E-state index in [1.807, 2.05) is 6.92 Å². The van der Waals surface area contributed by atoms with Crippen molar-refractivity contribution in [2.75, 3.05) is 0 Å². The molecule has 4 nitrogen and oxygen atoms in total. The van der Waals surface area contributed by atoms with Crippen molar-refractivity contribution in [2.45, 2.75) is 38.4 Å². The van der Waals surface area contributed by atoms with Crippen molar-refractivity contribution in [3.8, 4) is 0 Å². The summed E-state index contributed by atoms with van der Waals surface area (Å²) in [4.78, 5) is 23.9. The van der Waals surface area contributed by atoms with Gasteiger partial charge in [-0.05, 0) is 31.9 Å². The fourth-order valence-corrected chi connectivity index (χ4v) is 4.04. The molecule has 19 heavy (non-hydrogen) atoms. The van der Waals surface area contributed by atoms with Crippen molar-refractivity contribution >= 4 is 11.8 Å². The lowest BCUT2D eigenvalue weighted by Gasteiger charge is -2.51. The monoisotopic (exact) mass is 262 g/mol. The molecular weight excluding hydrogens is 244 g/mol. The van der Waals surface area contributed by atoms with Crippen molar-refractivity contribution < 1.29 is 19.4 Å². The van der Waals surface area contributed by atoms with Crippen molar-refractivity contribution in [3.05, 3.63) is 24.3 Å². The first-order valence-electron chi connectivity index (χ1n) is 6.63. The second kappa shape index (κ2) is 3.57. The molecule has 0 aromatic carbocycles. The Bertz CT molecular complexity index is 516. The zero-order chi connectivity index (χ0) is 14.0. The highest BCUT2D eigenvalue weighted by atomic mass is 16.6. The largest absolute Gasteiger partial charge is 0.458 e. The Morgan fingerprint density at radius 2 is 2.11 bits per heavy atom. The van der Waals surface area contributed by atoms with Crippen LogP contribution in [-0.4, -0.2) is 28.6 Å². The van der Waals surface area contributed by atoms with Crippen molar-refractivity contribution in [2.24, 2.45) is 17.3 Å². The third-order valence-electron chi connectivity index (χ3n) is 5.10. The minimum Gasteiger partial charge on any atom is -0.458 e. The van der Waals surface area contributed by atoms with E-state index >= 15 is 0 Å². The number of carbonyl (C=O) groups is 2. The highest BCUT2D eigenvalue weighted by Gasteiger charge is 2.62. The lowest BCUT2D eigenvalue weighted by Crippen LogP contribution is -2.59. The second-order valence-electron chi connectivity index (χ2n) is 6.36. The van der Waals surface area contributed by atoms with E-state index in [1.54, 1.807) is 6.92 Å². The fourth-order valence-electron chi connectivity index (χ4n) is 4.04. The lowest BCUT2D eigenvalue weighted by molar-refractivity contribution is -0.167. The summed E-state index contributed by atoms with van der Waals surface area (Å²) in [6, 6.07) is 0. The van der Waals surface area contributed by atoms with E-state index in [4.69, 9.17) is 4.74 Å². The first-order valence-corrected chi connectivity index (χ1v) is 6.63. The van der Waals surface area contributed by atoms with E-state index in [0.29, 0.717) is 18.4 Å². The van der Waals surface area contributed by atoms with Crippen LogP contribution in [0.15, 0.2) is 24.3 Å². The van der Waals surface area contributed by atoms with Gasteiger partial charge in [0.05, 0.1) is 5.60 Å². The molecule has 3 aliphatic rings. The van der Waals surface area contributed by atoms with Gasteiger partial charge >= 0.3 is 5.97 Å². The zero-order valence-corrected chi connectivity index (χ0v) is 11.2. The van der Waals surface area contributed by atoms with Gasteiger partial charge < -0.3 is 9.84 Å². The Morgan fingerprint density at radius 1 is 1.42 bits per heavy atom. The third-order valence-corrected chi connectivity index (χ3v) is 5.10. The molecular formula is C15H18O4. The number of allylic oxidation sites excluding steroid dienone is 1. The summed E-state index contributed by atoms with van der Waals surface area (Å²) in [7, 11) is 0. The van der Waals surface area contributed by atoms with E-state index in [9.17, 15) is 14.7 Å². The number of aliphatic hydroxyl groups is 1. The molecule has 5 unspecified atom stereocenters. The number of hydrogen-bond acceptors (Lipinski definition) is 4. The number of esters is 1. The Morgan fingerprint density at radius 3 is 2.79 bits per heavy atom. The summed E-state index contributed by atoms with van der Waals surface area (Å²) in [6.45, 7) is 7.33. The molecule has 1 saturated heterocycles. The van der Waals surface area contributed by atoms with Crippen LogP contribution in [0.4, 0.5) is 0 Å². The average molecular weight is 262 g/mol. The van der Waals surface area contributed by atoms with Crippen LogP contribution < -0.4 is 0 Å². The maximum atomic E-state index is 12.2. The van der Waals surface area contributed by atoms with Crippen LogP contribution in [0.1, 0.15) is 26.7 Å². The van der Waals surface area contributed by atoms with Crippen molar-refractivity contribution in [3.63, 3.8) is 0 Å². The first kappa shape index (κ1) is 12.6. The number of carbonyl (C=O) groups excluding carboxylic acids is 2. The molecule has 102 valence electrons. The van der Waals surface area contributed by atoms with E-state index < -0.39 is 29.0 Å². The number of fused-ring (bicyclic) bond motifs is 3. The van der Waals surface area contributed by atoms with Gasteiger partial charge in [0.2, 0.25) is 0 Å². The first-order chi connectivity index (χ1) is 8.77.